The number of amides is 1. The van der Waals surface area contributed by atoms with Gasteiger partial charge in [0.05, 0.1) is 23.7 Å². The first-order chi connectivity index (χ1) is 22.3. The SMILES string of the molecule is COc1ccc(C(=O)Cc2c(O)c3ccc(O[C@@H]4OC(C)(C)[C@H](OC)[C@@H](OC(N)=O)[C@H]4O)c(C)c3oc2=O)cc1Oc1ccccc1. The lowest BCUT2D eigenvalue weighted by Gasteiger charge is -2.47. The molecule has 1 aromatic heterocycles. The number of nitrogens with two attached hydrogens (primary N) is 1. The van der Waals surface area contributed by atoms with Gasteiger partial charge in [0, 0.05) is 24.7 Å². The predicted octanol–water partition coefficient (Wildman–Crippen LogP) is 4.39. The van der Waals surface area contributed by atoms with Crippen molar-refractivity contribution in [2.45, 2.75) is 57.4 Å². The molecule has 2 heterocycles. The molecular formula is C34H35NO12. The molecular weight excluding hydrogens is 614 g/mol. The Bertz CT molecular complexity index is 1850. The molecule has 1 saturated heterocycles. The third-order valence-electron chi connectivity index (χ3n) is 7.90. The van der Waals surface area contributed by atoms with Crippen molar-refractivity contribution in [2.75, 3.05) is 14.2 Å². The van der Waals surface area contributed by atoms with Gasteiger partial charge >= 0.3 is 11.7 Å². The van der Waals surface area contributed by atoms with Gasteiger partial charge in [-0.1, -0.05) is 18.2 Å². The van der Waals surface area contributed by atoms with E-state index in [-0.39, 0.29) is 27.8 Å². The second-order valence-electron chi connectivity index (χ2n) is 11.4. The van der Waals surface area contributed by atoms with Crippen LogP contribution in [0.1, 0.15) is 35.3 Å². The first-order valence-corrected chi connectivity index (χ1v) is 14.6. The third kappa shape index (κ3) is 6.73. The number of ether oxygens (including phenoxy) is 6. The Hall–Kier alpha value is -5.11. The molecule has 1 fully saturated rings. The van der Waals surface area contributed by atoms with Crippen LogP contribution in [0.25, 0.3) is 11.0 Å². The molecule has 0 spiro atoms. The molecule has 4 N–H and O–H groups in total. The highest BCUT2D eigenvalue weighted by molar-refractivity contribution is 5.99. The molecule has 47 heavy (non-hydrogen) atoms. The fourth-order valence-corrected chi connectivity index (χ4v) is 5.56. The molecule has 0 bridgehead atoms. The van der Waals surface area contributed by atoms with E-state index >= 15 is 0 Å². The molecule has 1 amide bonds. The van der Waals surface area contributed by atoms with Crippen molar-refractivity contribution in [2.24, 2.45) is 5.73 Å². The molecule has 4 aromatic rings. The summed E-state index contributed by atoms with van der Waals surface area (Å²) in [5.74, 6) is 0.466. The summed E-state index contributed by atoms with van der Waals surface area (Å²) < 4.78 is 39.3. The number of aromatic hydroxyl groups is 1. The van der Waals surface area contributed by atoms with Gasteiger partial charge in [0.1, 0.15) is 28.9 Å². The zero-order chi connectivity index (χ0) is 34.0. The molecule has 4 atom stereocenters. The molecule has 0 aliphatic carbocycles. The normalized spacial score (nSPS) is 20.4. The van der Waals surface area contributed by atoms with Crippen molar-refractivity contribution in [3.8, 4) is 28.7 Å². The molecule has 248 valence electrons. The molecule has 1 aliphatic heterocycles. The lowest BCUT2D eigenvalue weighted by atomic mass is 9.89. The topological polar surface area (TPSA) is 186 Å². The number of carbonyl (C=O) groups is 2. The fraction of sp³-hybridized carbons (Fsp3) is 0.324. The number of aryl methyl sites for hydroxylation is 1. The van der Waals surface area contributed by atoms with Gasteiger partial charge in [-0.3, -0.25) is 4.79 Å². The fourth-order valence-electron chi connectivity index (χ4n) is 5.56. The van der Waals surface area contributed by atoms with Crippen LogP contribution in [0.2, 0.25) is 0 Å². The van der Waals surface area contributed by atoms with Gasteiger partial charge < -0.3 is 48.8 Å². The Morgan fingerprint density at radius 2 is 1.70 bits per heavy atom. The van der Waals surface area contributed by atoms with E-state index in [0.717, 1.165) is 0 Å². The Labute approximate surface area is 269 Å². The van der Waals surface area contributed by atoms with Gasteiger partial charge in [-0.2, -0.15) is 0 Å². The van der Waals surface area contributed by atoms with Crippen molar-refractivity contribution in [3.63, 3.8) is 0 Å². The van der Waals surface area contributed by atoms with Crippen LogP contribution in [0.15, 0.2) is 69.9 Å². The summed E-state index contributed by atoms with van der Waals surface area (Å²) in [6.07, 6.45) is -6.54. The summed E-state index contributed by atoms with van der Waals surface area (Å²) in [5, 5.41) is 22.3. The lowest BCUT2D eigenvalue weighted by Crippen LogP contribution is -2.65. The number of hydrogen-bond donors (Lipinski definition) is 3. The van der Waals surface area contributed by atoms with E-state index in [1.54, 1.807) is 51.1 Å². The number of benzene rings is 3. The number of primary amides is 1. The van der Waals surface area contributed by atoms with Crippen LogP contribution in [0.3, 0.4) is 0 Å². The number of rotatable bonds is 10. The Morgan fingerprint density at radius 3 is 2.36 bits per heavy atom. The molecule has 0 saturated carbocycles. The zero-order valence-electron chi connectivity index (χ0n) is 26.3. The van der Waals surface area contributed by atoms with Crippen LogP contribution in [0, 0.1) is 6.92 Å². The molecule has 3 aromatic carbocycles. The van der Waals surface area contributed by atoms with Crippen molar-refractivity contribution in [1.82, 2.24) is 0 Å². The number of para-hydroxylation sites is 1. The maximum atomic E-state index is 13.3. The first kappa shape index (κ1) is 33.3. The summed E-state index contributed by atoms with van der Waals surface area (Å²) in [6, 6.07) is 16.5. The zero-order valence-corrected chi connectivity index (χ0v) is 26.3. The van der Waals surface area contributed by atoms with Crippen LogP contribution in [-0.2, 0) is 20.6 Å². The Balaban J connectivity index is 1.41. The highest BCUT2D eigenvalue weighted by Gasteiger charge is 2.53. The average molecular weight is 650 g/mol. The van der Waals surface area contributed by atoms with Crippen molar-refractivity contribution >= 4 is 22.8 Å². The molecule has 0 unspecified atom stereocenters. The number of aliphatic hydroxyl groups excluding tert-OH is 1. The highest BCUT2D eigenvalue weighted by Crippen LogP contribution is 2.38. The van der Waals surface area contributed by atoms with Crippen molar-refractivity contribution in [1.29, 1.82) is 0 Å². The van der Waals surface area contributed by atoms with E-state index in [9.17, 15) is 24.6 Å². The number of aliphatic hydroxyl groups is 1. The van der Waals surface area contributed by atoms with Crippen LogP contribution in [0.5, 0.6) is 28.7 Å². The minimum atomic E-state index is -1.51. The first-order valence-electron chi connectivity index (χ1n) is 14.6. The monoisotopic (exact) mass is 649 g/mol. The summed E-state index contributed by atoms with van der Waals surface area (Å²) in [7, 11) is 2.85. The third-order valence-corrected chi connectivity index (χ3v) is 7.90. The number of fused-ring (bicyclic) bond motifs is 1. The van der Waals surface area contributed by atoms with E-state index in [1.807, 2.05) is 6.07 Å². The Kier molecular flexibility index (Phi) is 9.43. The van der Waals surface area contributed by atoms with Gasteiger partial charge in [-0.15, -0.1) is 0 Å². The van der Waals surface area contributed by atoms with Crippen molar-refractivity contribution in [3.05, 3.63) is 87.8 Å². The van der Waals surface area contributed by atoms with E-state index in [1.165, 1.54) is 38.5 Å². The second kappa shape index (κ2) is 13.3. The maximum Gasteiger partial charge on any atom is 0.404 e. The molecule has 13 nitrogen and oxygen atoms in total. The predicted molar refractivity (Wildman–Crippen MR) is 167 cm³/mol. The smallest absolute Gasteiger partial charge is 0.404 e. The standard InChI is InChI=1S/C34H35NO12/c1-17-23(44-32-27(38)29(46-33(35)40)30(42-5)34(2,3)47-32)14-12-20-26(37)21(31(39)45-28(17)20)16-22(36)18-11-13-24(41-4)25(15-18)43-19-9-7-6-8-10-19/h6-15,27,29-30,32,37-38H,16H2,1-5H3,(H2,35,40)/t27-,29+,30-,32-/m1/s1. The molecule has 1 aliphatic rings. The van der Waals surface area contributed by atoms with Gasteiger partial charge in [0.15, 0.2) is 29.5 Å². The quantitative estimate of drug-likeness (QED) is 0.163. The number of ketones is 1. The molecule has 5 rings (SSSR count). The summed E-state index contributed by atoms with van der Waals surface area (Å²) in [4.78, 5) is 38.0. The minimum absolute atomic E-state index is 0.00606. The number of hydrogen-bond acceptors (Lipinski definition) is 12. The van der Waals surface area contributed by atoms with E-state index in [0.29, 0.717) is 22.8 Å². The van der Waals surface area contributed by atoms with E-state index in [4.69, 9.17) is 38.6 Å². The van der Waals surface area contributed by atoms with E-state index in [2.05, 4.69) is 0 Å². The van der Waals surface area contributed by atoms with Crippen LogP contribution in [-0.4, -0.2) is 66.5 Å². The number of carbonyl (C=O) groups excluding carboxylic acids is 2. The maximum absolute atomic E-state index is 13.3. The van der Waals surface area contributed by atoms with Crippen LogP contribution in [0.4, 0.5) is 4.79 Å². The van der Waals surface area contributed by atoms with Gasteiger partial charge in [0.25, 0.3) is 0 Å². The van der Waals surface area contributed by atoms with Crippen LogP contribution >= 0.6 is 0 Å². The van der Waals surface area contributed by atoms with E-state index < -0.39 is 59.9 Å². The lowest BCUT2D eigenvalue weighted by molar-refractivity contribution is -0.304. The number of Topliss-reactive ketones (excluding diaryl/α,β-unsaturated/α-hetero) is 1. The van der Waals surface area contributed by atoms with Gasteiger partial charge in [-0.25, -0.2) is 9.59 Å². The Morgan fingerprint density at radius 1 is 1.00 bits per heavy atom. The minimum Gasteiger partial charge on any atom is -0.507 e. The summed E-state index contributed by atoms with van der Waals surface area (Å²) in [6.45, 7) is 4.90. The van der Waals surface area contributed by atoms with Crippen molar-refractivity contribution < 1.29 is 52.6 Å². The largest absolute Gasteiger partial charge is 0.507 e. The van der Waals surface area contributed by atoms with Gasteiger partial charge in [0.2, 0.25) is 6.29 Å². The molecule has 13 heteroatoms. The summed E-state index contributed by atoms with van der Waals surface area (Å²) in [5.41, 5.74) is 3.48. The summed E-state index contributed by atoms with van der Waals surface area (Å²) >= 11 is 0. The van der Waals surface area contributed by atoms with Crippen LogP contribution < -0.4 is 25.6 Å². The second-order valence-corrected chi connectivity index (χ2v) is 11.4. The highest BCUT2D eigenvalue weighted by atomic mass is 16.7. The number of methoxy groups -OCH3 is 2. The average Bonchev–Trinajstić information content (AvgIpc) is 3.03. The van der Waals surface area contributed by atoms with Gasteiger partial charge in [-0.05, 0) is 63.2 Å². The molecule has 0 radical (unpaired) electrons.